The number of carbonyl (C=O) groups excluding carboxylic acids is 2. The van der Waals surface area contributed by atoms with E-state index in [0.717, 1.165) is 11.1 Å². The zero-order chi connectivity index (χ0) is 21.5. The van der Waals surface area contributed by atoms with Crippen molar-refractivity contribution in [3.63, 3.8) is 0 Å². The van der Waals surface area contributed by atoms with E-state index in [1.807, 2.05) is 69.3 Å². The monoisotopic (exact) mass is 406 g/mol. The minimum Gasteiger partial charge on any atom is -0.355 e. The number of aromatic nitrogens is 2. The second kappa shape index (κ2) is 9.82. The third-order valence-electron chi connectivity index (χ3n) is 4.61. The van der Waals surface area contributed by atoms with E-state index in [0.29, 0.717) is 29.4 Å². The minimum atomic E-state index is -0.200. The van der Waals surface area contributed by atoms with E-state index in [2.05, 4.69) is 20.8 Å². The standard InChI is InChI=1S/C23H26N4O3/c1-15(2)22-26-23(30-27-22)18-11-7-8-16(3)21(18)25-19(28)12-13-24-20(29)14-17-9-5-4-6-10-17/h4-11,15H,12-14H2,1-3H3,(H,24,29)(H,25,28). The fourth-order valence-corrected chi connectivity index (χ4v) is 2.95. The van der Waals surface area contributed by atoms with Crippen LogP contribution in [0.2, 0.25) is 0 Å². The van der Waals surface area contributed by atoms with Gasteiger partial charge in [0.15, 0.2) is 5.82 Å². The molecule has 2 N–H and O–H groups in total. The first kappa shape index (κ1) is 21.2. The summed E-state index contributed by atoms with van der Waals surface area (Å²) >= 11 is 0. The first-order valence-electron chi connectivity index (χ1n) is 9.98. The van der Waals surface area contributed by atoms with Gasteiger partial charge in [-0.25, -0.2) is 0 Å². The van der Waals surface area contributed by atoms with Crippen molar-refractivity contribution in [3.05, 3.63) is 65.5 Å². The van der Waals surface area contributed by atoms with E-state index in [1.54, 1.807) is 0 Å². The topological polar surface area (TPSA) is 97.1 Å². The summed E-state index contributed by atoms with van der Waals surface area (Å²) in [6.07, 6.45) is 0.454. The maximum Gasteiger partial charge on any atom is 0.260 e. The second-order valence-corrected chi connectivity index (χ2v) is 7.42. The summed E-state index contributed by atoms with van der Waals surface area (Å²) in [5.41, 5.74) is 3.13. The number of para-hydroxylation sites is 1. The predicted octanol–water partition coefficient (Wildman–Crippen LogP) is 3.86. The van der Waals surface area contributed by atoms with Crippen LogP contribution in [-0.2, 0) is 16.0 Å². The molecule has 0 fully saturated rings. The molecule has 7 heteroatoms. The summed E-state index contributed by atoms with van der Waals surface area (Å²) in [6, 6.07) is 15.1. The third kappa shape index (κ3) is 5.53. The van der Waals surface area contributed by atoms with Crippen molar-refractivity contribution in [2.45, 2.75) is 39.5 Å². The molecule has 3 rings (SSSR count). The molecule has 0 spiro atoms. The lowest BCUT2D eigenvalue weighted by Gasteiger charge is -2.12. The number of hydrogen-bond acceptors (Lipinski definition) is 5. The van der Waals surface area contributed by atoms with Gasteiger partial charge in [-0.05, 0) is 24.1 Å². The predicted molar refractivity (Wildman–Crippen MR) is 115 cm³/mol. The maximum atomic E-state index is 12.5. The zero-order valence-corrected chi connectivity index (χ0v) is 17.4. The number of aryl methyl sites for hydroxylation is 1. The number of anilines is 1. The molecule has 0 unspecified atom stereocenters. The van der Waals surface area contributed by atoms with Gasteiger partial charge in [-0.1, -0.05) is 61.5 Å². The van der Waals surface area contributed by atoms with Gasteiger partial charge >= 0.3 is 0 Å². The number of nitrogens with zero attached hydrogens (tertiary/aromatic N) is 2. The van der Waals surface area contributed by atoms with Crippen molar-refractivity contribution >= 4 is 17.5 Å². The molecular formula is C23H26N4O3. The third-order valence-corrected chi connectivity index (χ3v) is 4.61. The fraction of sp³-hybridized carbons (Fsp3) is 0.304. The van der Waals surface area contributed by atoms with Crippen LogP contribution in [0.15, 0.2) is 53.1 Å². The van der Waals surface area contributed by atoms with Crippen molar-refractivity contribution < 1.29 is 14.1 Å². The SMILES string of the molecule is Cc1cccc(-c2nc(C(C)C)no2)c1NC(=O)CCNC(=O)Cc1ccccc1. The molecule has 1 heterocycles. The highest BCUT2D eigenvalue weighted by molar-refractivity contribution is 5.96. The van der Waals surface area contributed by atoms with Crippen LogP contribution >= 0.6 is 0 Å². The van der Waals surface area contributed by atoms with Gasteiger partial charge < -0.3 is 15.2 Å². The zero-order valence-electron chi connectivity index (χ0n) is 17.4. The summed E-state index contributed by atoms with van der Waals surface area (Å²) in [5, 5.41) is 9.70. The van der Waals surface area contributed by atoms with E-state index in [9.17, 15) is 9.59 Å². The number of amides is 2. The average Bonchev–Trinajstić information content (AvgIpc) is 3.21. The molecule has 0 radical (unpaired) electrons. The fourth-order valence-electron chi connectivity index (χ4n) is 2.95. The molecular weight excluding hydrogens is 380 g/mol. The Labute approximate surface area is 175 Å². The lowest BCUT2D eigenvalue weighted by atomic mass is 10.1. The van der Waals surface area contributed by atoms with Gasteiger partial charge in [0.1, 0.15) is 0 Å². The highest BCUT2D eigenvalue weighted by Crippen LogP contribution is 2.30. The van der Waals surface area contributed by atoms with Crippen LogP contribution < -0.4 is 10.6 Å². The summed E-state index contributed by atoms with van der Waals surface area (Å²) < 4.78 is 5.39. The number of rotatable bonds is 8. The van der Waals surface area contributed by atoms with Crippen LogP contribution in [0.1, 0.15) is 43.1 Å². The summed E-state index contributed by atoms with van der Waals surface area (Å²) in [4.78, 5) is 28.9. The molecule has 0 bridgehead atoms. The Morgan fingerprint density at radius 3 is 2.50 bits per heavy atom. The van der Waals surface area contributed by atoms with E-state index in [-0.39, 0.29) is 30.7 Å². The number of hydrogen-bond donors (Lipinski definition) is 2. The van der Waals surface area contributed by atoms with Gasteiger partial charge in [0.25, 0.3) is 5.89 Å². The Hall–Kier alpha value is -3.48. The minimum absolute atomic E-state index is 0.113. The Morgan fingerprint density at radius 1 is 1.03 bits per heavy atom. The van der Waals surface area contributed by atoms with Gasteiger partial charge in [0.05, 0.1) is 17.7 Å². The van der Waals surface area contributed by atoms with Crippen molar-refractivity contribution in [2.24, 2.45) is 0 Å². The molecule has 3 aromatic rings. The van der Waals surface area contributed by atoms with Gasteiger partial charge in [0, 0.05) is 18.9 Å². The molecule has 0 atom stereocenters. The van der Waals surface area contributed by atoms with Crippen molar-refractivity contribution in [1.29, 1.82) is 0 Å². The Kier molecular flexibility index (Phi) is 6.95. The molecule has 1 aromatic heterocycles. The summed E-state index contributed by atoms with van der Waals surface area (Å²) in [7, 11) is 0. The largest absolute Gasteiger partial charge is 0.355 e. The van der Waals surface area contributed by atoms with Gasteiger partial charge in [-0.3, -0.25) is 9.59 Å². The Morgan fingerprint density at radius 2 is 1.80 bits per heavy atom. The Bertz CT molecular complexity index is 1010. The van der Waals surface area contributed by atoms with Crippen LogP contribution in [0.25, 0.3) is 11.5 Å². The van der Waals surface area contributed by atoms with Crippen LogP contribution in [0, 0.1) is 6.92 Å². The molecule has 0 aliphatic heterocycles. The van der Waals surface area contributed by atoms with E-state index in [4.69, 9.17) is 4.52 Å². The first-order chi connectivity index (χ1) is 14.4. The van der Waals surface area contributed by atoms with Crippen LogP contribution in [-0.4, -0.2) is 28.5 Å². The number of benzene rings is 2. The van der Waals surface area contributed by atoms with Crippen molar-refractivity contribution in [2.75, 3.05) is 11.9 Å². The van der Waals surface area contributed by atoms with Gasteiger partial charge in [-0.2, -0.15) is 4.98 Å². The van der Waals surface area contributed by atoms with Crippen LogP contribution in [0.5, 0.6) is 0 Å². The molecule has 0 saturated carbocycles. The summed E-state index contributed by atoms with van der Waals surface area (Å²) in [5.74, 6) is 0.815. The van der Waals surface area contributed by atoms with E-state index < -0.39 is 0 Å². The van der Waals surface area contributed by atoms with Gasteiger partial charge in [0.2, 0.25) is 11.8 Å². The highest BCUT2D eigenvalue weighted by Gasteiger charge is 2.17. The normalized spacial score (nSPS) is 10.8. The highest BCUT2D eigenvalue weighted by atomic mass is 16.5. The van der Waals surface area contributed by atoms with Crippen molar-refractivity contribution in [3.8, 4) is 11.5 Å². The first-order valence-corrected chi connectivity index (χ1v) is 9.98. The smallest absolute Gasteiger partial charge is 0.260 e. The second-order valence-electron chi connectivity index (χ2n) is 7.42. The Balaban J connectivity index is 1.59. The maximum absolute atomic E-state index is 12.5. The number of carbonyl (C=O) groups is 2. The molecule has 30 heavy (non-hydrogen) atoms. The quantitative estimate of drug-likeness (QED) is 0.592. The molecule has 7 nitrogen and oxygen atoms in total. The molecule has 2 amide bonds. The van der Waals surface area contributed by atoms with E-state index in [1.165, 1.54) is 0 Å². The van der Waals surface area contributed by atoms with Crippen LogP contribution in [0.4, 0.5) is 5.69 Å². The van der Waals surface area contributed by atoms with Crippen LogP contribution in [0.3, 0.4) is 0 Å². The molecule has 0 saturated heterocycles. The van der Waals surface area contributed by atoms with Crippen molar-refractivity contribution in [1.82, 2.24) is 15.5 Å². The lowest BCUT2D eigenvalue weighted by molar-refractivity contribution is -0.120. The summed E-state index contributed by atoms with van der Waals surface area (Å²) in [6.45, 7) is 6.14. The lowest BCUT2D eigenvalue weighted by Crippen LogP contribution is -2.29. The number of nitrogens with one attached hydrogen (secondary N) is 2. The molecule has 0 aliphatic rings. The molecule has 2 aromatic carbocycles. The average molecular weight is 406 g/mol. The molecule has 0 aliphatic carbocycles. The van der Waals surface area contributed by atoms with Gasteiger partial charge in [-0.15, -0.1) is 0 Å². The molecule has 156 valence electrons. The van der Waals surface area contributed by atoms with E-state index >= 15 is 0 Å².